The zero-order chi connectivity index (χ0) is 17.1. The molecule has 25 heavy (non-hydrogen) atoms. The summed E-state index contributed by atoms with van der Waals surface area (Å²) in [6.07, 6.45) is 0. The molecular formula is C22H17BrN2. The Labute approximate surface area is 155 Å². The van der Waals surface area contributed by atoms with Crippen molar-refractivity contribution in [3.63, 3.8) is 0 Å². The van der Waals surface area contributed by atoms with E-state index in [1.54, 1.807) is 0 Å². The van der Waals surface area contributed by atoms with Crippen LogP contribution in [0.4, 0.5) is 5.82 Å². The molecule has 0 bridgehead atoms. The number of anilines is 1. The number of hydrogen-bond donors (Lipinski definition) is 1. The lowest BCUT2D eigenvalue weighted by Crippen LogP contribution is -2.03. The van der Waals surface area contributed by atoms with Gasteiger partial charge >= 0.3 is 0 Å². The zero-order valence-electron chi connectivity index (χ0n) is 13.6. The van der Waals surface area contributed by atoms with E-state index in [2.05, 4.69) is 81.9 Å². The number of aromatic nitrogens is 1. The molecule has 0 atom stereocenters. The molecule has 0 amide bonds. The summed E-state index contributed by atoms with van der Waals surface area (Å²) in [5.41, 5.74) is 4.50. The maximum Gasteiger partial charge on any atom is 0.134 e. The smallest absolute Gasteiger partial charge is 0.134 e. The topological polar surface area (TPSA) is 24.9 Å². The minimum Gasteiger partial charge on any atom is -0.365 e. The third kappa shape index (κ3) is 3.57. The maximum absolute atomic E-state index is 4.87. The number of nitrogens with zero attached hydrogens (tertiary/aromatic N) is 1. The number of nitrogens with one attached hydrogen (secondary N) is 1. The Balaban J connectivity index is 1.77. The van der Waals surface area contributed by atoms with Crippen molar-refractivity contribution in [2.75, 3.05) is 5.32 Å². The first-order valence-corrected chi connectivity index (χ1v) is 9.02. The Morgan fingerprint density at radius 1 is 0.800 bits per heavy atom. The van der Waals surface area contributed by atoms with Gasteiger partial charge < -0.3 is 5.32 Å². The van der Waals surface area contributed by atoms with Gasteiger partial charge in [0, 0.05) is 22.0 Å². The van der Waals surface area contributed by atoms with Gasteiger partial charge in [0.1, 0.15) is 5.82 Å². The van der Waals surface area contributed by atoms with Crippen molar-refractivity contribution in [2.24, 2.45) is 0 Å². The van der Waals surface area contributed by atoms with Crippen molar-refractivity contribution < 1.29 is 0 Å². The van der Waals surface area contributed by atoms with Crippen LogP contribution in [0, 0.1) is 0 Å². The summed E-state index contributed by atoms with van der Waals surface area (Å²) in [5, 5.41) is 4.66. The molecule has 1 N–H and O–H groups in total. The van der Waals surface area contributed by atoms with Crippen molar-refractivity contribution in [3.05, 3.63) is 95.0 Å². The lowest BCUT2D eigenvalue weighted by molar-refractivity contribution is 1.12. The Bertz CT molecular complexity index is 995. The van der Waals surface area contributed by atoms with E-state index in [0.717, 1.165) is 38.9 Å². The minimum atomic E-state index is 0.746. The largest absolute Gasteiger partial charge is 0.365 e. The predicted octanol–water partition coefficient (Wildman–Crippen LogP) is 6.28. The Kier molecular flexibility index (Phi) is 4.49. The zero-order valence-corrected chi connectivity index (χ0v) is 15.2. The minimum absolute atomic E-state index is 0.746. The van der Waals surface area contributed by atoms with Crippen LogP contribution in [-0.4, -0.2) is 4.98 Å². The van der Waals surface area contributed by atoms with Gasteiger partial charge in [0.2, 0.25) is 0 Å². The van der Waals surface area contributed by atoms with Crippen molar-refractivity contribution in [1.82, 2.24) is 4.98 Å². The van der Waals surface area contributed by atoms with Crippen LogP contribution in [0.2, 0.25) is 0 Å². The van der Waals surface area contributed by atoms with Crippen LogP contribution in [0.3, 0.4) is 0 Å². The number of rotatable bonds is 4. The lowest BCUT2D eigenvalue weighted by atomic mass is 10.0. The molecule has 4 aromatic rings. The quantitative estimate of drug-likeness (QED) is 0.445. The molecule has 1 heterocycles. The Morgan fingerprint density at radius 2 is 1.52 bits per heavy atom. The molecule has 122 valence electrons. The van der Waals surface area contributed by atoms with Crippen LogP contribution in [0.25, 0.3) is 22.0 Å². The monoisotopic (exact) mass is 388 g/mol. The molecule has 4 rings (SSSR count). The molecule has 0 saturated carbocycles. The van der Waals surface area contributed by atoms with Gasteiger partial charge in [-0.1, -0.05) is 76.6 Å². The summed E-state index contributed by atoms with van der Waals surface area (Å²) in [6.45, 7) is 0.746. The van der Waals surface area contributed by atoms with Gasteiger partial charge in [-0.25, -0.2) is 4.98 Å². The molecule has 0 spiro atoms. The lowest BCUT2D eigenvalue weighted by Gasteiger charge is -2.13. The van der Waals surface area contributed by atoms with Crippen molar-refractivity contribution in [3.8, 4) is 11.1 Å². The van der Waals surface area contributed by atoms with E-state index in [1.165, 1.54) is 5.56 Å². The fourth-order valence-electron chi connectivity index (χ4n) is 2.88. The maximum atomic E-state index is 4.87. The number of halogens is 1. The standard InChI is InChI=1S/C22H17BrN2/c23-19-12-10-17(11-13-19)20-14-18-8-4-5-9-21(18)25-22(20)24-15-16-6-2-1-3-7-16/h1-14H,15H2,(H,24,25). The van der Waals surface area contributed by atoms with Gasteiger partial charge in [-0.15, -0.1) is 0 Å². The molecule has 0 radical (unpaired) electrons. The van der Waals surface area contributed by atoms with Crippen molar-refractivity contribution >= 4 is 32.7 Å². The molecule has 3 heteroatoms. The summed E-state index contributed by atoms with van der Waals surface area (Å²) < 4.78 is 1.07. The summed E-state index contributed by atoms with van der Waals surface area (Å²) in [6, 6.07) is 29.2. The first-order chi connectivity index (χ1) is 12.3. The number of pyridine rings is 1. The average Bonchev–Trinajstić information content (AvgIpc) is 2.67. The van der Waals surface area contributed by atoms with Crippen molar-refractivity contribution in [2.45, 2.75) is 6.54 Å². The molecule has 2 nitrogen and oxygen atoms in total. The number of para-hydroxylation sites is 1. The van der Waals surface area contributed by atoms with Gasteiger partial charge in [-0.05, 0) is 35.4 Å². The van der Waals surface area contributed by atoms with E-state index < -0.39 is 0 Å². The molecule has 0 saturated heterocycles. The third-order valence-corrected chi connectivity index (χ3v) is 4.71. The SMILES string of the molecule is Brc1ccc(-c2cc3ccccc3nc2NCc2ccccc2)cc1. The third-order valence-electron chi connectivity index (χ3n) is 4.18. The summed E-state index contributed by atoms with van der Waals surface area (Å²) in [4.78, 5) is 4.87. The summed E-state index contributed by atoms with van der Waals surface area (Å²) in [7, 11) is 0. The van der Waals surface area contributed by atoms with Gasteiger partial charge in [0.15, 0.2) is 0 Å². The average molecular weight is 389 g/mol. The van der Waals surface area contributed by atoms with E-state index in [-0.39, 0.29) is 0 Å². The molecule has 0 aliphatic carbocycles. The first kappa shape index (κ1) is 15.9. The van der Waals surface area contributed by atoms with Gasteiger partial charge in [0.05, 0.1) is 5.52 Å². The Hall–Kier alpha value is -2.65. The highest BCUT2D eigenvalue weighted by atomic mass is 79.9. The van der Waals surface area contributed by atoms with E-state index in [0.29, 0.717) is 0 Å². The van der Waals surface area contributed by atoms with Gasteiger partial charge in [0.25, 0.3) is 0 Å². The Morgan fingerprint density at radius 3 is 2.32 bits per heavy atom. The molecule has 0 fully saturated rings. The highest BCUT2D eigenvalue weighted by molar-refractivity contribution is 9.10. The van der Waals surface area contributed by atoms with E-state index in [9.17, 15) is 0 Å². The molecule has 3 aromatic carbocycles. The molecule has 0 unspecified atom stereocenters. The van der Waals surface area contributed by atoms with Gasteiger partial charge in [-0.3, -0.25) is 0 Å². The van der Waals surface area contributed by atoms with E-state index in [1.807, 2.05) is 24.3 Å². The predicted molar refractivity (Wildman–Crippen MR) is 109 cm³/mol. The second-order valence-corrected chi connectivity index (χ2v) is 6.84. The molecular weight excluding hydrogens is 372 g/mol. The van der Waals surface area contributed by atoms with Crippen LogP contribution >= 0.6 is 15.9 Å². The van der Waals surface area contributed by atoms with Crippen molar-refractivity contribution in [1.29, 1.82) is 0 Å². The molecule has 1 aromatic heterocycles. The molecule has 0 aliphatic heterocycles. The number of fused-ring (bicyclic) bond motifs is 1. The van der Waals surface area contributed by atoms with E-state index >= 15 is 0 Å². The summed E-state index contributed by atoms with van der Waals surface area (Å²) in [5.74, 6) is 0.907. The number of benzene rings is 3. The molecule has 0 aliphatic rings. The highest BCUT2D eigenvalue weighted by Gasteiger charge is 2.09. The van der Waals surface area contributed by atoms with Gasteiger partial charge in [-0.2, -0.15) is 0 Å². The van der Waals surface area contributed by atoms with Crippen LogP contribution in [-0.2, 0) is 6.54 Å². The van der Waals surface area contributed by atoms with Crippen LogP contribution in [0.1, 0.15) is 5.56 Å². The fourth-order valence-corrected chi connectivity index (χ4v) is 3.15. The summed E-state index contributed by atoms with van der Waals surface area (Å²) >= 11 is 3.51. The second-order valence-electron chi connectivity index (χ2n) is 5.92. The van der Waals surface area contributed by atoms with Crippen LogP contribution in [0.15, 0.2) is 89.4 Å². The first-order valence-electron chi connectivity index (χ1n) is 8.23. The van der Waals surface area contributed by atoms with Crippen LogP contribution in [0.5, 0.6) is 0 Å². The fraction of sp³-hybridized carbons (Fsp3) is 0.0455. The van der Waals surface area contributed by atoms with E-state index in [4.69, 9.17) is 4.98 Å². The highest BCUT2D eigenvalue weighted by Crippen LogP contribution is 2.31. The van der Waals surface area contributed by atoms with Crippen LogP contribution < -0.4 is 5.32 Å². The normalized spacial score (nSPS) is 10.8. The number of hydrogen-bond acceptors (Lipinski definition) is 2. The second kappa shape index (κ2) is 7.08.